The summed E-state index contributed by atoms with van der Waals surface area (Å²) in [6.45, 7) is 2.25. The molecule has 0 fully saturated rings. The molecule has 0 saturated carbocycles. The third kappa shape index (κ3) is 5.86. The minimum absolute atomic E-state index is 0.292. The number of nitrogens with zero attached hydrogens (tertiary/aromatic N) is 2. The van der Waals surface area contributed by atoms with Crippen LogP contribution < -0.4 is 0 Å². The number of hydrogen-bond donors (Lipinski definition) is 1. The predicted molar refractivity (Wildman–Crippen MR) is 74.2 cm³/mol. The summed E-state index contributed by atoms with van der Waals surface area (Å²) in [5.74, 6) is 1.27. The topological polar surface area (TPSA) is 52.5 Å². The summed E-state index contributed by atoms with van der Waals surface area (Å²) in [6, 6.07) is 2.26. The van der Waals surface area contributed by atoms with E-state index in [4.69, 9.17) is 5.26 Å². The highest BCUT2D eigenvalue weighted by molar-refractivity contribution is 5.00. The Labute approximate surface area is 111 Å². The monoisotopic (exact) mass is 247 g/mol. The zero-order chi connectivity index (χ0) is 13.1. The van der Waals surface area contributed by atoms with Gasteiger partial charge < -0.3 is 4.98 Å². The normalized spacial score (nSPS) is 12.2. The van der Waals surface area contributed by atoms with E-state index >= 15 is 0 Å². The Balaban J connectivity index is 2.13. The van der Waals surface area contributed by atoms with Crippen LogP contribution in [0.5, 0.6) is 0 Å². The summed E-state index contributed by atoms with van der Waals surface area (Å²) in [4.78, 5) is 7.40. The first-order chi connectivity index (χ1) is 8.88. The van der Waals surface area contributed by atoms with Crippen LogP contribution in [0.25, 0.3) is 0 Å². The molecule has 0 saturated heterocycles. The molecule has 1 aromatic rings. The van der Waals surface area contributed by atoms with E-state index in [1.165, 1.54) is 44.9 Å². The standard InChI is InChI=1S/C15H25N3/c1-2-3-4-5-6-7-8-9-14(10-11-16)15-17-12-13-18-15/h12-14H,2-10H2,1H3,(H,17,18). The fourth-order valence-corrected chi connectivity index (χ4v) is 2.29. The van der Waals surface area contributed by atoms with E-state index in [1.807, 2.05) is 6.20 Å². The molecule has 1 rings (SSSR count). The molecule has 0 aromatic carbocycles. The van der Waals surface area contributed by atoms with Crippen molar-refractivity contribution in [1.82, 2.24) is 9.97 Å². The molecule has 0 aliphatic heterocycles. The van der Waals surface area contributed by atoms with E-state index in [9.17, 15) is 0 Å². The molecule has 0 spiro atoms. The minimum atomic E-state index is 0.292. The van der Waals surface area contributed by atoms with Crippen LogP contribution in [0.4, 0.5) is 0 Å². The van der Waals surface area contributed by atoms with Crippen LogP contribution in [0.1, 0.15) is 76.5 Å². The Morgan fingerprint density at radius 2 is 1.94 bits per heavy atom. The molecule has 0 aliphatic rings. The summed E-state index contributed by atoms with van der Waals surface area (Å²) in [6.07, 6.45) is 14.5. The Morgan fingerprint density at radius 1 is 1.22 bits per heavy atom. The molecule has 3 nitrogen and oxygen atoms in total. The van der Waals surface area contributed by atoms with E-state index in [0.717, 1.165) is 12.2 Å². The lowest BCUT2D eigenvalue weighted by molar-refractivity contribution is 0.526. The fraction of sp³-hybridized carbons (Fsp3) is 0.733. The second-order valence-corrected chi connectivity index (χ2v) is 4.94. The van der Waals surface area contributed by atoms with Crippen molar-refractivity contribution in [3.05, 3.63) is 18.2 Å². The molecule has 18 heavy (non-hydrogen) atoms. The highest BCUT2D eigenvalue weighted by Gasteiger charge is 2.12. The van der Waals surface area contributed by atoms with Crippen LogP contribution in [0.3, 0.4) is 0 Å². The molecular weight excluding hydrogens is 222 g/mol. The third-order valence-electron chi connectivity index (χ3n) is 3.40. The van der Waals surface area contributed by atoms with Crippen molar-refractivity contribution in [2.75, 3.05) is 0 Å². The van der Waals surface area contributed by atoms with Crippen molar-refractivity contribution in [3.8, 4) is 6.07 Å². The van der Waals surface area contributed by atoms with Crippen molar-refractivity contribution >= 4 is 0 Å². The first-order valence-electron chi connectivity index (χ1n) is 7.24. The maximum Gasteiger partial charge on any atom is 0.110 e. The number of nitrogens with one attached hydrogen (secondary N) is 1. The lowest BCUT2D eigenvalue weighted by Crippen LogP contribution is -2.00. The number of imidazole rings is 1. The van der Waals surface area contributed by atoms with Gasteiger partial charge >= 0.3 is 0 Å². The zero-order valence-electron chi connectivity index (χ0n) is 11.5. The molecule has 3 heteroatoms. The van der Waals surface area contributed by atoms with Gasteiger partial charge in [0, 0.05) is 24.7 Å². The lowest BCUT2D eigenvalue weighted by atomic mass is 9.97. The van der Waals surface area contributed by atoms with Crippen molar-refractivity contribution in [1.29, 1.82) is 5.26 Å². The number of aromatic nitrogens is 2. The van der Waals surface area contributed by atoms with Gasteiger partial charge in [-0.15, -0.1) is 0 Å². The van der Waals surface area contributed by atoms with Gasteiger partial charge in [-0.1, -0.05) is 51.9 Å². The third-order valence-corrected chi connectivity index (χ3v) is 3.40. The van der Waals surface area contributed by atoms with E-state index in [-0.39, 0.29) is 0 Å². The molecule has 1 aromatic heterocycles. The van der Waals surface area contributed by atoms with Gasteiger partial charge in [0.05, 0.1) is 6.07 Å². The first kappa shape index (κ1) is 14.8. The molecular formula is C15H25N3. The van der Waals surface area contributed by atoms with Crippen LogP contribution in [0.15, 0.2) is 12.4 Å². The summed E-state index contributed by atoms with van der Waals surface area (Å²) >= 11 is 0. The molecule has 0 amide bonds. The molecule has 0 bridgehead atoms. The number of rotatable bonds is 10. The maximum atomic E-state index is 8.84. The van der Waals surface area contributed by atoms with Gasteiger partial charge in [-0.25, -0.2) is 4.98 Å². The second kappa shape index (κ2) is 9.70. The Morgan fingerprint density at radius 3 is 2.56 bits per heavy atom. The van der Waals surface area contributed by atoms with E-state index in [1.54, 1.807) is 6.20 Å². The van der Waals surface area contributed by atoms with Crippen molar-refractivity contribution in [2.45, 2.75) is 70.6 Å². The van der Waals surface area contributed by atoms with Crippen LogP contribution in [-0.2, 0) is 0 Å². The number of hydrogen-bond acceptors (Lipinski definition) is 2. The molecule has 1 atom stereocenters. The average molecular weight is 247 g/mol. The van der Waals surface area contributed by atoms with E-state index in [0.29, 0.717) is 12.3 Å². The molecule has 0 aliphatic carbocycles. The van der Waals surface area contributed by atoms with E-state index in [2.05, 4.69) is 23.0 Å². The summed E-state index contributed by atoms with van der Waals surface area (Å²) in [5, 5.41) is 8.84. The van der Waals surface area contributed by atoms with Gasteiger partial charge in [0.25, 0.3) is 0 Å². The SMILES string of the molecule is CCCCCCCCCC(CC#N)c1ncc[nH]1. The highest BCUT2D eigenvalue weighted by Crippen LogP contribution is 2.23. The quantitative estimate of drug-likeness (QED) is 0.617. The predicted octanol–water partition coefficient (Wildman–Crippen LogP) is 4.55. The second-order valence-electron chi connectivity index (χ2n) is 4.94. The van der Waals surface area contributed by atoms with Gasteiger partial charge in [-0.2, -0.15) is 5.26 Å². The lowest BCUT2D eigenvalue weighted by Gasteiger charge is -2.10. The number of aromatic amines is 1. The van der Waals surface area contributed by atoms with E-state index < -0.39 is 0 Å². The average Bonchev–Trinajstić information content (AvgIpc) is 2.90. The highest BCUT2D eigenvalue weighted by atomic mass is 14.9. The van der Waals surface area contributed by atoms with Crippen LogP contribution in [0, 0.1) is 11.3 Å². The molecule has 0 radical (unpaired) electrons. The van der Waals surface area contributed by atoms with Gasteiger partial charge in [0.1, 0.15) is 5.82 Å². The summed E-state index contributed by atoms with van der Waals surface area (Å²) in [7, 11) is 0. The number of nitriles is 1. The molecule has 1 heterocycles. The Bertz CT molecular complexity index is 324. The first-order valence-corrected chi connectivity index (χ1v) is 7.24. The summed E-state index contributed by atoms with van der Waals surface area (Å²) < 4.78 is 0. The van der Waals surface area contributed by atoms with Gasteiger partial charge in [-0.05, 0) is 6.42 Å². The fourth-order valence-electron chi connectivity index (χ4n) is 2.29. The molecule has 1 unspecified atom stereocenters. The van der Waals surface area contributed by atoms with Crippen LogP contribution >= 0.6 is 0 Å². The molecule has 1 N–H and O–H groups in total. The van der Waals surface area contributed by atoms with Crippen molar-refractivity contribution in [3.63, 3.8) is 0 Å². The van der Waals surface area contributed by atoms with Crippen LogP contribution in [0.2, 0.25) is 0 Å². The van der Waals surface area contributed by atoms with Gasteiger partial charge in [0.15, 0.2) is 0 Å². The largest absolute Gasteiger partial charge is 0.348 e. The minimum Gasteiger partial charge on any atom is -0.348 e. The van der Waals surface area contributed by atoms with Crippen molar-refractivity contribution in [2.24, 2.45) is 0 Å². The number of unbranched alkanes of at least 4 members (excludes halogenated alkanes) is 6. The summed E-state index contributed by atoms with van der Waals surface area (Å²) in [5.41, 5.74) is 0. The number of H-pyrrole nitrogens is 1. The zero-order valence-corrected chi connectivity index (χ0v) is 11.5. The van der Waals surface area contributed by atoms with Gasteiger partial charge in [-0.3, -0.25) is 0 Å². The van der Waals surface area contributed by atoms with Crippen LogP contribution in [-0.4, -0.2) is 9.97 Å². The van der Waals surface area contributed by atoms with Gasteiger partial charge in [0.2, 0.25) is 0 Å². The Hall–Kier alpha value is -1.30. The smallest absolute Gasteiger partial charge is 0.110 e. The maximum absolute atomic E-state index is 8.84. The van der Waals surface area contributed by atoms with Crippen molar-refractivity contribution < 1.29 is 0 Å². The Kier molecular flexibility index (Phi) is 7.96. The molecule has 100 valence electrons.